The topological polar surface area (TPSA) is 117 Å². The summed E-state index contributed by atoms with van der Waals surface area (Å²) in [6, 6.07) is 7.38. The third kappa shape index (κ3) is 4.70. The van der Waals surface area contributed by atoms with Crippen LogP contribution >= 0.6 is 15.9 Å². The van der Waals surface area contributed by atoms with Crippen LogP contribution < -0.4 is 10.1 Å². The van der Waals surface area contributed by atoms with Crippen molar-refractivity contribution in [1.29, 1.82) is 0 Å². The van der Waals surface area contributed by atoms with Crippen molar-refractivity contribution < 1.29 is 14.5 Å². The summed E-state index contributed by atoms with van der Waals surface area (Å²) in [7, 11) is 0. The summed E-state index contributed by atoms with van der Waals surface area (Å²) >= 11 is 3.35. The zero-order valence-electron chi connectivity index (χ0n) is 14.2. The Morgan fingerprint density at radius 3 is 2.70 bits per heavy atom. The lowest BCUT2D eigenvalue weighted by Gasteiger charge is -2.06. The molecular weight excluding hydrogens is 420 g/mol. The van der Waals surface area contributed by atoms with E-state index in [-0.39, 0.29) is 24.9 Å². The zero-order valence-corrected chi connectivity index (χ0v) is 15.8. The number of hydrogen-bond acceptors (Lipinski definition) is 6. The first-order valence-electron chi connectivity index (χ1n) is 7.80. The number of nitrogens with zero attached hydrogens (tertiary/aromatic N) is 5. The van der Waals surface area contributed by atoms with Crippen LogP contribution in [0.3, 0.4) is 0 Å². The number of aromatic nitrogens is 4. The Morgan fingerprint density at radius 2 is 2.04 bits per heavy atom. The van der Waals surface area contributed by atoms with Crippen LogP contribution in [-0.4, -0.2) is 30.4 Å². The Bertz CT molecular complexity index is 966. The van der Waals surface area contributed by atoms with Crippen molar-refractivity contribution in [3.8, 4) is 5.75 Å². The van der Waals surface area contributed by atoms with Gasteiger partial charge in [-0.05, 0) is 31.2 Å². The molecule has 0 radical (unpaired) electrons. The molecule has 1 amide bonds. The number of anilines is 1. The van der Waals surface area contributed by atoms with Crippen LogP contribution in [0.5, 0.6) is 5.75 Å². The van der Waals surface area contributed by atoms with Crippen molar-refractivity contribution in [3.05, 3.63) is 63.1 Å². The largest absolute Gasteiger partial charge is 0.471 e. The van der Waals surface area contributed by atoms with Crippen molar-refractivity contribution in [2.24, 2.45) is 0 Å². The number of nitro groups is 1. The first-order valence-corrected chi connectivity index (χ1v) is 8.59. The summed E-state index contributed by atoms with van der Waals surface area (Å²) in [5.74, 6) is 0.319. The minimum absolute atomic E-state index is 0.124. The van der Waals surface area contributed by atoms with Gasteiger partial charge >= 0.3 is 5.69 Å². The molecule has 3 rings (SSSR count). The summed E-state index contributed by atoms with van der Waals surface area (Å²) in [5, 5.41) is 21.5. The molecule has 0 spiro atoms. The SMILES string of the molecule is Cc1c([N+](=O)[O-])cnn1CC(=O)Nc1cnn(COc2ccc(Br)cc2)c1. The van der Waals surface area contributed by atoms with Gasteiger partial charge in [0, 0.05) is 4.47 Å². The second kappa shape index (κ2) is 7.99. The van der Waals surface area contributed by atoms with Gasteiger partial charge in [0.1, 0.15) is 24.2 Å². The first kappa shape index (κ1) is 18.6. The summed E-state index contributed by atoms with van der Waals surface area (Å²) in [5.41, 5.74) is 0.674. The predicted octanol–water partition coefficient (Wildman–Crippen LogP) is 2.73. The maximum Gasteiger partial charge on any atom is 0.309 e. The second-order valence-electron chi connectivity index (χ2n) is 5.57. The smallest absolute Gasteiger partial charge is 0.309 e. The molecule has 0 aliphatic heterocycles. The number of nitrogens with one attached hydrogen (secondary N) is 1. The molecule has 11 heteroatoms. The fourth-order valence-corrected chi connectivity index (χ4v) is 2.55. The lowest BCUT2D eigenvalue weighted by Crippen LogP contribution is -2.20. The zero-order chi connectivity index (χ0) is 19.4. The van der Waals surface area contributed by atoms with E-state index in [0.29, 0.717) is 17.1 Å². The van der Waals surface area contributed by atoms with E-state index < -0.39 is 4.92 Å². The number of hydrogen-bond donors (Lipinski definition) is 1. The molecule has 3 aromatic rings. The molecule has 2 heterocycles. The van der Waals surface area contributed by atoms with Gasteiger partial charge in [0.25, 0.3) is 0 Å². The number of benzene rings is 1. The molecule has 1 N–H and O–H groups in total. The molecule has 10 nitrogen and oxygen atoms in total. The van der Waals surface area contributed by atoms with Crippen LogP contribution in [0.1, 0.15) is 5.69 Å². The van der Waals surface area contributed by atoms with Crippen molar-refractivity contribution in [3.63, 3.8) is 0 Å². The molecule has 0 aliphatic rings. The van der Waals surface area contributed by atoms with E-state index in [0.717, 1.165) is 10.7 Å². The Hall–Kier alpha value is -3.21. The van der Waals surface area contributed by atoms with E-state index in [2.05, 4.69) is 31.4 Å². The highest BCUT2D eigenvalue weighted by Gasteiger charge is 2.18. The first-order chi connectivity index (χ1) is 12.9. The van der Waals surface area contributed by atoms with E-state index >= 15 is 0 Å². The van der Waals surface area contributed by atoms with Gasteiger partial charge < -0.3 is 10.1 Å². The summed E-state index contributed by atoms with van der Waals surface area (Å²) in [6.45, 7) is 1.58. The number of carbonyl (C=O) groups is 1. The Morgan fingerprint density at radius 1 is 1.30 bits per heavy atom. The van der Waals surface area contributed by atoms with Crippen LogP contribution in [0.2, 0.25) is 0 Å². The highest BCUT2D eigenvalue weighted by molar-refractivity contribution is 9.10. The van der Waals surface area contributed by atoms with Gasteiger partial charge in [-0.1, -0.05) is 15.9 Å². The van der Waals surface area contributed by atoms with Gasteiger partial charge in [-0.3, -0.25) is 19.6 Å². The minimum atomic E-state index is -0.536. The molecule has 0 unspecified atom stereocenters. The standard InChI is InChI=1S/C16H15BrN6O4/c1-11-15(23(25)26)7-19-22(11)9-16(24)20-13-6-18-21(8-13)10-27-14-4-2-12(17)3-5-14/h2-8H,9-10H2,1H3,(H,20,24). The fourth-order valence-electron chi connectivity index (χ4n) is 2.28. The molecule has 2 aromatic heterocycles. The van der Waals surface area contributed by atoms with Crippen LogP contribution in [0.15, 0.2) is 47.3 Å². The van der Waals surface area contributed by atoms with Crippen LogP contribution in [0.4, 0.5) is 11.4 Å². The normalized spacial score (nSPS) is 10.6. The van der Waals surface area contributed by atoms with Crippen molar-refractivity contribution in [2.45, 2.75) is 20.2 Å². The van der Waals surface area contributed by atoms with E-state index in [1.54, 1.807) is 6.20 Å². The van der Waals surface area contributed by atoms with Crippen molar-refractivity contribution in [1.82, 2.24) is 19.6 Å². The molecule has 1 aromatic carbocycles. The van der Waals surface area contributed by atoms with Gasteiger partial charge in [-0.25, -0.2) is 4.68 Å². The quantitative estimate of drug-likeness (QED) is 0.451. The van der Waals surface area contributed by atoms with Gasteiger partial charge in [0.2, 0.25) is 5.91 Å². The highest BCUT2D eigenvalue weighted by Crippen LogP contribution is 2.17. The highest BCUT2D eigenvalue weighted by atomic mass is 79.9. The molecule has 0 aliphatic carbocycles. The Kier molecular flexibility index (Phi) is 5.50. The Balaban J connectivity index is 1.54. The fraction of sp³-hybridized carbons (Fsp3) is 0.188. The van der Waals surface area contributed by atoms with Crippen LogP contribution in [0, 0.1) is 17.0 Å². The number of amides is 1. The van der Waals surface area contributed by atoms with Crippen LogP contribution in [0.25, 0.3) is 0 Å². The third-order valence-electron chi connectivity index (χ3n) is 3.66. The van der Waals surface area contributed by atoms with Crippen LogP contribution in [-0.2, 0) is 18.1 Å². The third-order valence-corrected chi connectivity index (χ3v) is 4.19. The molecule has 0 atom stereocenters. The van der Waals surface area contributed by atoms with Gasteiger partial charge in [-0.15, -0.1) is 0 Å². The lowest BCUT2D eigenvalue weighted by molar-refractivity contribution is -0.385. The van der Waals surface area contributed by atoms with E-state index in [4.69, 9.17) is 4.74 Å². The molecule has 27 heavy (non-hydrogen) atoms. The number of halogens is 1. The second-order valence-corrected chi connectivity index (χ2v) is 6.49. The van der Waals surface area contributed by atoms with E-state index in [9.17, 15) is 14.9 Å². The van der Waals surface area contributed by atoms with E-state index in [1.807, 2.05) is 24.3 Å². The van der Waals surface area contributed by atoms with Crippen molar-refractivity contribution in [2.75, 3.05) is 5.32 Å². The van der Waals surface area contributed by atoms with E-state index in [1.165, 1.54) is 22.5 Å². The predicted molar refractivity (Wildman–Crippen MR) is 99.2 cm³/mol. The number of carbonyl (C=O) groups excluding carboxylic acids is 1. The molecule has 140 valence electrons. The van der Waals surface area contributed by atoms with Gasteiger partial charge in [0.15, 0.2) is 6.73 Å². The Labute approximate surface area is 162 Å². The average molecular weight is 435 g/mol. The molecule has 0 saturated heterocycles. The average Bonchev–Trinajstić information content (AvgIpc) is 3.21. The maximum absolute atomic E-state index is 12.1. The summed E-state index contributed by atoms with van der Waals surface area (Å²) in [4.78, 5) is 22.4. The lowest BCUT2D eigenvalue weighted by atomic mass is 10.3. The summed E-state index contributed by atoms with van der Waals surface area (Å²) < 4.78 is 9.35. The number of rotatable bonds is 7. The van der Waals surface area contributed by atoms with Crippen molar-refractivity contribution >= 4 is 33.2 Å². The summed E-state index contributed by atoms with van der Waals surface area (Å²) in [6.07, 6.45) is 4.23. The molecule has 0 bridgehead atoms. The molecular formula is C16H15BrN6O4. The minimum Gasteiger partial charge on any atom is -0.471 e. The van der Waals surface area contributed by atoms with Gasteiger partial charge in [0.05, 0.1) is 23.0 Å². The maximum atomic E-state index is 12.1. The number of ether oxygens (including phenoxy) is 1. The molecule has 0 saturated carbocycles. The van der Waals surface area contributed by atoms with Gasteiger partial charge in [-0.2, -0.15) is 10.2 Å². The molecule has 0 fully saturated rings. The monoisotopic (exact) mass is 434 g/mol.